The first-order valence-electron chi connectivity index (χ1n) is 23.0. The second-order valence-corrected chi connectivity index (χ2v) is 18.2. The Bertz CT molecular complexity index is 3840. The monoisotopic (exact) mass is 876 g/mol. The number of benzene rings is 10. The van der Waals surface area contributed by atoms with E-state index in [0.29, 0.717) is 17.6 Å². The first kappa shape index (κ1) is 40.3. The Morgan fingerprint density at radius 2 is 0.836 bits per heavy atom. The van der Waals surface area contributed by atoms with Crippen molar-refractivity contribution in [2.24, 2.45) is 0 Å². The van der Waals surface area contributed by atoms with Crippen molar-refractivity contribution in [3.8, 4) is 62.1 Å². The van der Waals surface area contributed by atoms with E-state index in [1.54, 1.807) is 0 Å². The Kier molecular flexibility index (Phi) is 10.2. The zero-order valence-corrected chi connectivity index (χ0v) is 38.0. The van der Waals surface area contributed by atoms with Crippen LogP contribution in [0.25, 0.3) is 126 Å². The zero-order valence-electron chi connectivity index (χ0n) is 37.2. The fourth-order valence-corrected chi connectivity index (χ4v) is 10.7. The van der Waals surface area contributed by atoms with Crippen molar-refractivity contribution in [2.75, 3.05) is 0 Å². The lowest BCUT2D eigenvalue weighted by atomic mass is 9.98. The Morgan fingerprint density at radius 3 is 1.48 bits per heavy atom. The molecule has 3 heterocycles. The maximum atomic E-state index is 5.44. The molecule has 0 bridgehead atoms. The number of nitrogens with zero attached hydrogens (tertiary/aromatic N) is 4. The first-order valence-corrected chi connectivity index (χ1v) is 23.8. The standard InChI is InChI=1S/C59H36N4S.C3H8/c1-3-12-37(13-4-1)39-22-26-43(27-23-39)57-60-58(44-28-24-40(25-29-44)38-14-5-2-6-15-38)62-59(61-57)63-55-47-19-10-8-17-42(47)30-33-50(55)49-21-11-20-48(56(49)63)45-32-34-52-51(36-45)54-46-18-9-7-16-41(46)31-35-53(54)64-52;1-3-2/h1-36H;3H2,1-2H3. The smallest absolute Gasteiger partial charge is 0.238 e. The molecule has 13 aromatic rings. The first-order chi connectivity index (χ1) is 33.1. The summed E-state index contributed by atoms with van der Waals surface area (Å²) in [6.07, 6.45) is 1.25. The topological polar surface area (TPSA) is 43.6 Å². The van der Waals surface area contributed by atoms with E-state index < -0.39 is 0 Å². The van der Waals surface area contributed by atoms with E-state index in [1.165, 1.54) is 37.4 Å². The summed E-state index contributed by atoms with van der Waals surface area (Å²) in [5.74, 6) is 1.78. The van der Waals surface area contributed by atoms with E-state index in [-0.39, 0.29) is 0 Å². The zero-order chi connectivity index (χ0) is 44.8. The Labute approximate surface area is 393 Å². The summed E-state index contributed by atoms with van der Waals surface area (Å²) >= 11 is 1.86. The Balaban J connectivity index is 0.00000152. The number of hydrogen-bond acceptors (Lipinski definition) is 4. The van der Waals surface area contributed by atoms with Gasteiger partial charge in [0.1, 0.15) is 0 Å². The van der Waals surface area contributed by atoms with Crippen LogP contribution in [0.4, 0.5) is 0 Å². The molecule has 0 atom stereocenters. The van der Waals surface area contributed by atoms with Gasteiger partial charge in [-0.3, -0.25) is 4.57 Å². The summed E-state index contributed by atoms with van der Waals surface area (Å²) in [6.45, 7) is 4.25. The van der Waals surface area contributed by atoms with Crippen LogP contribution in [0.3, 0.4) is 0 Å². The van der Waals surface area contributed by atoms with Crippen molar-refractivity contribution in [3.05, 3.63) is 218 Å². The quantitative estimate of drug-likeness (QED) is 0.167. The van der Waals surface area contributed by atoms with Crippen LogP contribution in [-0.2, 0) is 0 Å². The van der Waals surface area contributed by atoms with Gasteiger partial charge in [-0.2, -0.15) is 9.97 Å². The molecule has 67 heavy (non-hydrogen) atoms. The van der Waals surface area contributed by atoms with Crippen LogP contribution in [0.15, 0.2) is 218 Å². The van der Waals surface area contributed by atoms with Crippen LogP contribution in [-0.4, -0.2) is 19.5 Å². The minimum Gasteiger partial charge on any atom is -0.277 e. The van der Waals surface area contributed by atoms with Crippen LogP contribution in [0, 0.1) is 0 Å². The lowest BCUT2D eigenvalue weighted by molar-refractivity contribution is 0.955. The van der Waals surface area contributed by atoms with E-state index in [2.05, 4.69) is 225 Å². The van der Waals surface area contributed by atoms with Crippen molar-refractivity contribution >= 4 is 74.9 Å². The number of para-hydroxylation sites is 1. The molecule has 0 N–H and O–H groups in total. The number of fused-ring (bicyclic) bond motifs is 10. The molecule has 4 nitrogen and oxygen atoms in total. The maximum Gasteiger partial charge on any atom is 0.238 e. The summed E-state index contributed by atoms with van der Waals surface area (Å²) in [7, 11) is 0. The highest BCUT2D eigenvalue weighted by molar-refractivity contribution is 7.26. The molecule has 0 aliphatic carbocycles. The van der Waals surface area contributed by atoms with Crippen LogP contribution in [0.2, 0.25) is 0 Å². The van der Waals surface area contributed by atoms with Gasteiger partial charge >= 0.3 is 0 Å². The van der Waals surface area contributed by atoms with Gasteiger partial charge < -0.3 is 0 Å². The number of hydrogen-bond donors (Lipinski definition) is 0. The van der Waals surface area contributed by atoms with Gasteiger partial charge in [-0.25, -0.2) is 4.98 Å². The average molecular weight is 877 g/mol. The van der Waals surface area contributed by atoms with Crippen molar-refractivity contribution < 1.29 is 0 Å². The number of aromatic nitrogens is 4. The SMILES string of the molecule is CCC.c1ccc(-c2ccc(-c3nc(-c4ccc(-c5ccccc5)cc4)nc(-n4c5c(-c6ccc7sc8ccc9ccccc9c8c7c6)cccc5c5ccc6ccccc6c54)n3)cc2)cc1. The molecule has 0 radical (unpaired) electrons. The lowest BCUT2D eigenvalue weighted by Crippen LogP contribution is -2.07. The van der Waals surface area contributed by atoms with Gasteiger partial charge in [-0.1, -0.05) is 220 Å². The predicted octanol–water partition coefficient (Wildman–Crippen LogP) is 17.4. The van der Waals surface area contributed by atoms with Crippen molar-refractivity contribution in [1.29, 1.82) is 0 Å². The van der Waals surface area contributed by atoms with Crippen LogP contribution in [0.1, 0.15) is 20.3 Å². The third-order valence-corrected chi connectivity index (χ3v) is 13.8. The van der Waals surface area contributed by atoms with E-state index in [4.69, 9.17) is 15.0 Å². The molecule has 318 valence electrons. The van der Waals surface area contributed by atoms with Gasteiger partial charge in [0.05, 0.1) is 11.0 Å². The third-order valence-electron chi connectivity index (χ3n) is 12.7. The van der Waals surface area contributed by atoms with Gasteiger partial charge in [0, 0.05) is 53.0 Å². The number of rotatable bonds is 6. The summed E-state index contributed by atoms with van der Waals surface area (Å²) in [6, 6.07) is 78.1. The highest BCUT2D eigenvalue weighted by Crippen LogP contribution is 2.44. The van der Waals surface area contributed by atoms with E-state index >= 15 is 0 Å². The van der Waals surface area contributed by atoms with Gasteiger partial charge in [0.15, 0.2) is 11.6 Å². The minimum absolute atomic E-state index is 0.566. The molecule has 0 amide bonds. The van der Waals surface area contributed by atoms with E-state index in [1.807, 2.05) is 23.5 Å². The van der Waals surface area contributed by atoms with Crippen LogP contribution >= 0.6 is 11.3 Å². The molecule has 0 unspecified atom stereocenters. The summed E-state index contributed by atoms with van der Waals surface area (Å²) in [5.41, 5.74) is 10.8. The Morgan fingerprint density at radius 1 is 0.358 bits per heavy atom. The van der Waals surface area contributed by atoms with Crippen molar-refractivity contribution in [3.63, 3.8) is 0 Å². The van der Waals surface area contributed by atoms with Gasteiger partial charge in [0.25, 0.3) is 0 Å². The molecule has 0 saturated heterocycles. The van der Waals surface area contributed by atoms with Gasteiger partial charge in [-0.05, 0) is 62.2 Å². The van der Waals surface area contributed by atoms with Crippen LogP contribution in [0.5, 0.6) is 0 Å². The van der Waals surface area contributed by atoms with E-state index in [9.17, 15) is 0 Å². The molecule has 0 saturated carbocycles. The molecule has 0 aliphatic rings. The fraction of sp³-hybridized carbons (Fsp3) is 0.0484. The summed E-state index contributed by atoms with van der Waals surface area (Å²) < 4.78 is 4.87. The normalized spacial score (nSPS) is 11.5. The largest absolute Gasteiger partial charge is 0.277 e. The highest BCUT2D eigenvalue weighted by atomic mass is 32.1. The number of thiophene rings is 1. The molecular weight excluding hydrogens is 833 g/mol. The van der Waals surface area contributed by atoms with Crippen LogP contribution < -0.4 is 0 Å². The molecule has 0 aliphatic heterocycles. The molecule has 13 rings (SSSR count). The fourth-order valence-electron chi connectivity index (χ4n) is 9.58. The van der Waals surface area contributed by atoms with E-state index in [0.717, 1.165) is 77.1 Å². The predicted molar refractivity (Wildman–Crippen MR) is 285 cm³/mol. The molecule has 0 fully saturated rings. The summed E-state index contributed by atoms with van der Waals surface area (Å²) in [5, 5.41) is 9.68. The molecule has 3 aromatic heterocycles. The van der Waals surface area contributed by atoms with Crippen molar-refractivity contribution in [1.82, 2.24) is 19.5 Å². The summed E-state index contributed by atoms with van der Waals surface area (Å²) in [4.78, 5) is 16.1. The average Bonchev–Trinajstić information content (AvgIpc) is 3.96. The van der Waals surface area contributed by atoms with Gasteiger partial charge in [-0.15, -0.1) is 11.3 Å². The van der Waals surface area contributed by atoms with Crippen molar-refractivity contribution in [2.45, 2.75) is 20.3 Å². The maximum absolute atomic E-state index is 5.44. The lowest BCUT2D eigenvalue weighted by Gasteiger charge is -2.14. The molecule has 0 spiro atoms. The third kappa shape index (κ3) is 7.12. The molecular formula is C62H44N4S. The minimum atomic E-state index is 0.566. The second kappa shape index (κ2) is 17.0. The Hall–Kier alpha value is -8.25. The molecule has 5 heteroatoms. The van der Waals surface area contributed by atoms with Gasteiger partial charge in [0.2, 0.25) is 5.95 Å². The second-order valence-electron chi connectivity index (χ2n) is 17.1. The highest BCUT2D eigenvalue weighted by Gasteiger charge is 2.23. The molecule has 10 aromatic carbocycles.